The number of likely N-dealkylation sites (tertiary alicyclic amines) is 1. The van der Waals surface area contributed by atoms with Gasteiger partial charge in [0, 0.05) is 18.5 Å². The summed E-state index contributed by atoms with van der Waals surface area (Å²) in [6, 6.07) is 2.58. The highest BCUT2D eigenvalue weighted by atomic mass is 16.6. The van der Waals surface area contributed by atoms with Gasteiger partial charge in [0.25, 0.3) is 0 Å². The van der Waals surface area contributed by atoms with Crippen molar-refractivity contribution in [1.82, 2.24) is 10.2 Å². The van der Waals surface area contributed by atoms with Crippen molar-refractivity contribution in [2.75, 3.05) is 20.8 Å². The van der Waals surface area contributed by atoms with Crippen LogP contribution in [0.1, 0.15) is 35.0 Å². The van der Waals surface area contributed by atoms with Crippen molar-refractivity contribution >= 4 is 17.8 Å². The van der Waals surface area contributed by atoms with Crippen LogP contribution in [0.15, 0.2) is 24.8 Å². The molecule has 0 radical (unpaired) electrons. The van der Waals surface area contributed by atoms with Crippen molar-refractivity contribution < 1.29 is 28.6 Å². The molecule has 2 aliphatic heterocycles. The second kappa shape index (κ2) is 7.07. The molecule has 0 aliphatic carbocycles. The lowest BCUT2D eigenvalue weighted by atomic mass is 10.1. The van der Waals surface area contributed by atoms with E-state index in [1.807, 2.05) is 0 Å². The van der Waals surface area contributed by atoms with Gasteiger partial charge in [0.05, 0.1) is 14.2 Å². The standard InChI is InChI=1S/C18H20N2O6/c1-4-9-19-16(22)11-6-8-13(21)20(11)17-10-5-7-12(24-2)15(25-3)14(10)18(23)26-17/h4-5,7,11,17H,1,6,8-9H2,2-3H3,(H,19,22). The summed E-state index contributed by atoms with van der Waals surface area (Å²) in [6.45, 7) is 3.85. The third-order valence-corrected chi connectivity index (χ3v) is 4.50. The van der Waals surface area contributed by atoms with Crippen molar-refractivity contribution in [2.24, 2.45) is 0 Å². The van der Waals surface area contributed by atoms with E-state index in [4.69, 9.17) is 14.2 Å². The average Bonchev–Trinajstić information content (AvgIpc) is 3.18. The molecule has 1 aromatic carbocycles. The van der Waals surface area contributed by atoms with E-state index in [1.54, 1.807) is 18.2 Å². The fraction of sp³-hybridized carbons (Fsp3) is 0.389. The predicted octanol–water partition coefficient (Wildman–Crippen LogP) is 1.17. The summed E-state index contributed by atoms with van der Waals surface area (Å²) in [5.41, 5.74) is 0.686. The summed E-state index contributed by atoms with van der Waals surface area (Å²) in [7, 11) is 2.89. The number of hydrogen-bond acceptors (Lipinski definition) is 6. The maximum Gasteiger partial charge on any atom is 0.344 e. The van der Waals surface area contributed by atoms with Gasteiger partial charge in [-0.25, -0.2) is 4.79 Å². The molecule has 2 atom stereocenters. The molecule has 1 fully saturated rings. The van der Waals surface area contributed by atoms with Crippen LogP contribution in [0.3, 0.4) is 0 Å². The zero-order chi connectivity index (χ0) is 18.8. The maximum atomic E-state index is 12.4. The summed E-state index contributed by atoms with van der Waals surface area (Å²) in [4.78, 5) is 38.6. The van der Waals surface area contributed by atoms with E-state index in [0.717, 1.165) is 0 Å². The highest BCUT2D eigenvalue weighted by Crippen LogP contribution is 2.45. The lowest BCUT2D eigenvalue weighted by molar-refractivity contribution is -0.145. The minimum absolute atomic E-state index is 0.210. The SMILES string of the molecule is C=CCNC(=O)C1CCC(=O)N1C1OC(=O)c2c1ccc(OC)c2OC. The number of cyclic esters (lactones) is 1. The molecule has 0 saturated carbocycles. The van der Waals surface area contributed by atoms with Gasteiger partial charge in [-0.3, -0.25) is 14.5 Å². The highest BCUT2D eigenvalue weighted by molar-refractivity contribution is 5.99. The maximum absolute atomic E-state index is 12.4. The number of carbonyl (C=O) groups excluding carboxylic acids is 3. The van der Waals surface area contributed by atoms with Crippen LogP contribution in [-0.2, 0) is 14.3 Å². The molecule has 2 aliphatic rings. The number of ether oxygens (including phenoxy) is 3. The second-order valence-electron chi connectivity index (χ2n) is 5.91. The number of nitrogens with zero attached hydrogens (tertiary/aromatic N) is 1. The van der Waals surface area contributed by atoms with Crippen LogP contribution in [0.4, 0.5) is 0 Å². The van der Waals surface area contributed by atoms with Gasteiger partial charge < -0.3 is 19.5 Å². The summed E-state index contributed by atoms with van der Waals surface area (Å²) in [5, 5.41) is 2.69. The van der Waals surface area contributed by atoms with Crippen LogP contribution in [0.25, 0.3) is 0 Å². The first-order valence-electron chi connectivity index (χ1n) is 8.19. The van der Waals surface area contributed by atoms with E-state index in [1.165, 1.54) is 19.1 Å². The normalized spacial score (nSPS) is 21.2. The molecule has 0 aromatic heterocycles. The highest BCUT2D eigenvalue weighted by Gasteiger charge is 2.47. The van der Waals surface area contributed by atoms with Gasteiger partial charge in [0.1, 0.15) is 11.6 Å². The molecule has 2 amide bonds. The Morgan fingerprint density at radius 3 is 2.81 bits per heavy atom. The Bertz CT molecular complexity index is 775. The lowest BCUT2D eigenvalue weighted by Gasteiger charge is -2.29. The summed E-state index contributed by atoms with van der Waals surface area (Å²) in [5.74, 6) is -0.538. The minimum atomic E-state index is -0.966. The van der Waals surface area contributed by atoms with E-state index in [2.05, 4.69) is 11.9 Å². The quantitative estimate of drug-likeness (QED) is 0.604. The fourth-order valence-electron chi connectivity index (χ4n) is 3.33. The third kappa shape index (κ3) is 2.77. The van der Waals surface area contributed by atoms with Crippen LogP contribution in [0.2, 0.25) is 0 Å². The van der Waals surface area contributed by atoms with Crippen LogP contribution in [0, 0.1) is 0 Å². The summed E-state index contributed by atoms with van der Waals surface area (Å²) >= 11 is 0. The number of hydrogen-bond donors (Lipinski definition) is 1. The van der Waals surface area contributed by atoms with Gasteiger partial charge in [-0.05, 0) is 18.6 Å². The minimum Gasteiger partial charge on any atom is -0.493 e. The van der Waals surface area contributed by atoms with Crippen molar-refractivity contribution in [3.63, 3.8) is 0 Å². The molecule has 2 heterocycles. The molecule has 26 heavy (non-hydrogen) atoms. The molecule has 8 heteroatoms. The monoisotopic (exact) mass is 360 g/mol. The van der Waals surface area contributed by atoms with E-state index < -0.39 is 18.2 Å². The van der Waals surface area contributed by atoms with Crippen molar-refractivity contribution in [3.8, 4) is 11.5 Å². The molecular formula is C18H20N2O6. The molecule has 1 aromatic rings. The topological polar surface area (TPSA) is 94.2 Å². The Balaban J connectivity index is 1.98. The Labute approximate surface area is 150 Å². The number of carbonyl (C=O) groups is 3. The summed E-state index contributed by atoms with van der Waals surface area (Å²) in [6.07, 6.45) is 1.16. The lowest BCUT2D eigenvalue weighted by Crippen LogP contribution is -2.46. The zero-order valence-corrected chi connectivity index (χ0v) is 14.6. The first-order valence-corrected chi connectivity index (χ1v) is 8.19. The fourth-order valence-corrected chi connectivity index (χ4v) is 3.33. The number of rotatable bonds is 6. The Morgan fingerprint density at radius 1 is 1.38 bits per heavy atom. The largest absolute Gasteiger partial charge is 0.493 e. The van der Waals surface area contributed by atoms with Gasteiger partial charge in [-0.1, -0.05) is 6.08 Å². The van der Waals surface area contributed by atoms with E-state index in [9.17, 15) is 14.4 Å². The van der Waals surface area contributed by atoms with Gasteiger partial charge in [0.15, 0.2) is 11.5 Å². The van der Waals surface area contributed by atoms with E-state index in [0.29, 0.717) is 24.3 Å². The smallest absolute Gasteiger partial charge is 0.344 e. The van der Waals surface area contributed by atoms with Gasteiger partial charge in [-0.2, -0.15) is 0 Å². The number of esters is 1. The Morgan fingerprint density at radius 2 is 2.15 bits per heavy atom. The van der Waals surface area contributed by atoms with Crippen LogP contribution < -0.4 is 14.8 Å². The number of fused-ring (bicyclic) bond motifs is 1. The van der Waals surface area contributed by atoms with E-state index >= 15 is 0 Å². The second-order valence-corrected chi connectivity index (χ2v) is 5.91. The molecule has 0 bridgehead atoms. The molecule has 2 unspecified atom stereocenters. The van der Waals surface area contributed by atoms with Crippen molar-refractivity contribution in [1.29, 1.82) is 0 Å². The van der Waals surface area contributed by atoms with Gasteiger partial charge in [-0.15, -0.1) is 6.58 Å². The van der Waals surface area contributed by atoms with Crippen LogP contribution in [0.5, 0.6) is 11.5 Å². The number of nitrogens with one attached hydrogen (secondary N) is 1. The number of benzene rings is 1. The van der Waals surface area contributed by atoms with Crippen LogP contribution in [-0.4, -0.2) is 49.5 Å². The zero-order valence-electron chi connectivity index (χ0n) is 14.6. The predicted molar refractivity (Wildman–Crippen MR) is 90.8 cm³/mol. The van der Waals surface area contributed by atoms with Gasteiger partial charge >= 0.3 is 5.97 Å². The van der Waals surface area contributed by atoms with Gasteiger partial charge in [0.2, 0.25) is 18.0 Å². The molecule has 0 spiro atoms. The molecule has 138 valence electrons. The Hall–Kier alpha value is -3.03. The van der Waals surface area contributed by atoms with Crippen molar-refractivity contribution in [2.45, 2.75) is 25.1 Å². The average molecular weight is 360 g/mol. The Kier molecular flexibility index (Phi) is 4.83. The van der Waals surface area contributed by atoms with E-state index in [-0.39, 0.29) is 29.5 Å². The molecular weight excluding hydrogens is 340 g/mol. The first kappa shape index (κ1) is 17.8. The molecule has 8 nitrogen and oxygen atoms in total. The summed E-state index contributed by atoms with van der Waals surface area (Å²) < 4.78 is 15.9. The number of amides is 2. The third-order valence-electron chi connectivity index (χ3n) is 4.50. The molecule has 3 rings (SSSR count). The number of methoxy groups -OCH3 is 2. The van der Waals surface area contributed by atoms with Crippen molar-refractivity contribution in [3.05, 3.63) is 35.9 Å². The molecule has 1 saturated heterocycles. The first-order chi connectivity index (χ1) is 12.5. The van der Waals surface area contributed by atoms with Crippen LogP contribution >= 0.6 is 0 Å². The molecule has 1 N–H and O–H groups in total.